The minimum atomic E-state index is -4.45. The maximum Gasteiger partial charge on any atom is 0.416 e. The van der Waals surface area contributed by atoms with Crippen LogP contribution in [-0.4, -0.2) is 58.1 Å². The first-order valence-electron chi connectivity index (χ1n) is 11.5. The van der Waals surface area contributed by atoms with Gasteiger partial charge in [-0.05, 0) is 44.2 Å². The van der Waals surface area contributed by atoms with Crippen LogP contribution in [0.2, 0.25) is 0 Å². The van der Waals surface area contributed by atoms with Gasteiger partial charge in [0.2, 0.25) is 17.6 Å². The van der Waals surface area contributed by atoms with Gasteiger partial charge in [0, 0.05) is 37.4 Å². The lowest BCUT2D eigenvalue weighted by Gasteiger charge is -2.39. The van der Waals surface area contributed by atoms with E-state index in [1.165, 1.54) is 12.1 Å². The second-order valence-electron chi connectivity index (χ2n) is 8.64. The molecule has 1 aliphatic heterocycles. The fraction of sp³-hybridized carbons (Fsp3) is 0.360. The molecule has 0 aliphatic carbocycles. The average molecular weight is 499 g/mol. The van der Waals surface area contributed by atoms with Gasteiger partial charge < -0.3 is 9.84 Å². The molecule has 8 nitrogen and oxygen atoms in total. The summed E-state index contributed by atoms with van der Waals surface area (Å²) >= 11 is 0. The first-order valence-corrected chi connectivity index (χ1v) is 11.5. The predicted octanol–water partition coefficient (Wildman–Crippen LogP) is 4.33. The van der Waals surface area contributed by atoms with Gasteiger partial charge in [0.15, 0.2) is 0 Å². The summed E-state index contributed by atoms with van der Waals surface area (Å²) in [6.45, 7) is 6.28. The maximum atomic E-state index is 13.0. The van der Waals surface area contributed by atoms with Crippen LogP contribution >= 0.6 is 0 Å². The van der Waals surface area contributed by atoms with Crippen molar-refractivity contribution in [1.82, 2.24) is 19.9 Å². The number of benzene rings is 2. The molecule has 0 spiro atoms. The predicted molar refractivity (Wildman–Crippen MR) is 126 cm³/mol. The molecule has 1 saturated heterocycles. The molecule has 1 amide bonds. The molecule has 1 N–H and O–H groups in total. The van der Waals surface area contributed by atoms with Gasteiger partial charge in [-0.25, -0.2) is 0 Å². The van der Waals surface area contributed by atoms with Gasteiger partial charge in [-0.1, -0.05) is 23.4 Å². The molecule has 0 radical (unpaired) electrons. The summed E-state index contributed by atoms with van der Waals surface area (Å²) in [7, 11) is 0. The van der Waals surface area contributed by atoms with Crippen molar-refractivity contribution in [3.05, 3.63) is 65.5 Å². The SMILES string of the molecule is C[C@H](C(=O)Nc1cccc(C#N)c1)N1CCN([C@H](C)c2nc(-c3cccc(C(F)(F)F)c3)no2)CC1. The summed E-state index contributed by atoms with van der Waals surface area (Å²) in [6.07, 6.45) is -4.45. The smallest absolute Gasteiger partial charge is 0.337 e. The lowest BCUT2D eigenvalue weighted by atomic mass is 10.1. The van der Waals surface area contributed by atoms with E-state index < -0.39 is 11.7 Å². The van der Waals surface area contributed by atoms with Crippen molar-refractivity contribution >= 4 is 11.6 Å². The summed E-state index contributed by atoms with van der Waals surface area (Å²) in [4.78, 5) is 21.2. The second kappa shape index (κ2) is 10.5. The molecule has 2 aromatic carbocycles. The number of nitrogens with one attached hydrogen (secondary N) is 1. The molecule has 0 bridgehead atoms. The number of nitrogens with zero attached hydrogens (tertiary/aromatic N) is 5. The minimum Gasteiger partial charge on any atom is -0.337 e. The molecular formula is C25H25F3N6O2. The van der Waals surface area contributed by atoms with Gasteiger partial charge in [-0.3, -0.25) is 14.6 Å². The summed E-state index contributed by atoms with van der Waals surface area (Å²) in [5.74, 6) is 0.264. The third-order valence-electron chi connectivity index (χ3n) is 6.33. The van der Waals surface area contributed by atoms with Crippen LogP contribution in [0.1, 0.15) is 36.9 Å². The number of carbonyl (C=O) groups is 1. The Labute approximate surface area is 206 Å². The van der Waals surface area contributed by atoms with Crippen LogP contribution in [0, 0.1) is 11.3 Å². The fourth-order valence-corrected chi connectivity index (χ4v) is 4.10. The highest BCUT2D eigenvalue weighted by Gasteiger charge is 2.32. The summed E-state index contributed by atoms with van der Waals surface area (Å²) < 4.78 is 44.5. The van der Waals surface area contributed by atoms with Crippen molar-refractivity contribution in [2.24, 2.45) is 0 Å². The number of halogens is 3. The first kappa shape index (κ1) is 25.3. The topological polar surface area (TPSA) is 98.3 Å². The van der Waals surface area contributed by atoms with Crippen molar-refractivity contribution in [1.29, 1.82) is 5.26 Å². The van der Waals surface area contributed by atoms with Crippen molar-refractivity contribution in [2.45, 2.75) is 32.1 Å². The molecule has 0 unspecified atom stereocenters. The highest BCUT2D eigenvalue weighted by Crippen LogP contribution is 2.32. The summed E-state index contributed by atoms with van der Waals surface area (Å²) in [5.41, 5.74) is 0.509. The number of hydrogen-bond acceptors (Lipinski definition) is 7. The van der Waals surface area contributed by atoms with E-state index in [2.05, 4.69) is 31.3 Å². The highest BCUT2D eigenvalue weighted by molar-refractivity contribution is 5.94. The quantitative estimate of drug-likeness (QED) is 0.540. The number of amides is 1. The largest absolute Gasteiger partial charge is 0.416 e. The Morgan fingerprint density at radius 3 is 2.47 bits per heavy atom. The number of rotatable bonds is 6. The maximum absolute atomic E-state index is 13.0. The first-order chi connectivity index (χ1) is 17.2. The molecule has 3 aromatic rings. The lowest BCUT2D eigenvalue weighted by molar-refractivity contribution is -0.137. The Morgan fingerprint density at radius 2 is 1.78 bits per heavy atom. The zero-order chi connectivity index (χ0) is 25.9. The molecule has 1 aliphatic rings. The van der Waals surface area contributed by atoms with Crippen LogP contribution in [0.3, 0.4) is 0 Å². The molecule has 188 valence electrons. The summed E-state index contributed by atoms with van der Waals surface area (Å²) in [6, 6.07) is 13.0. The van der Waals surface area contributed by atoms with Crippen LogP contribution in [0.15, 0.2) is 53.1 Å². The summed E-state index contributed by atoms with van der Waals surface area (Å²) in [5, 5.41) is 15.8. The van der Waals surface area contributed by atoms with Crippen LogP contribution < -0.4 is 5.32 Å². The van der Waals surface area contributed by atoms with E-state index in [1.807, 2.05) is 13.8 Å². The number of nitriles is 1. The number of hydrogen-bond donors (Lipinski definition) is 1. The highest BCUT2D eigenvalue weighted by atomic mass is 19.4. The molecule has 1 fully saturated rings. The number of piperazine rings is 1. The van der Waals surface area contributed by atoms with Gasteiger partial charge in [-0.2, -0.15) is 23.4 Å². The van der Waals surface area contributed by atoms with Gasteiger partial charge in [-0.15, -0.1) is 0 Å². The Kier molecular flexibility index (Phi) is 7.37. The van der Waals surface area contributed by atoms with E-state index in [0.717, 1.165) is 12.1 Å². The van der Waals surface area contributed by atoms with Gasteiger partial charge >= 0.3 is 6.18 Å². The minimum absolute atomic E-state index is 0.104. The normalized spacial score (nSPS) is 16.8. The number of alkyl halides is 3. The van der Waals surface area contributed by atoms with E-state index >= 15 is 0 Å². The van der Waals surface area contributed by atoms with Gasteiger partial charge in [0.05, 0.1) is 29.3 Å². The lowest BCUT2D eigenvalue weighted by Crippen LogP contribution is -2.53. The molecule has 2 atom stereocenters. The standard InChI is InChI=1S/C25H25F3N6O2/c1-16(23(35)30-21-8-3-5-18(13-21)15-29)33-9-11-34(12-10-33)17(2)24-31-22(32-36-24)19-6-4-7-20(14-19)25(26,27)28/h3-8,13-14,16-17H,9-12H2,1-2H3,(H,30,35)/t16-,17-/m1/s1. The Bertz CT molecular complexity index is 1260. The van der Waals surface area contributed by atoms with Crippen LogP contribution in [-0.2, 0) is 11.0 Å². The zero-order valence-corrected chi connectivity index (χ0v) is 19.8. The van der Waals surface area contributed by atoms with Crippen molar-refractivity contribution < 1.29 is 22.5 Å². The molecular weight excluding hydrogens is 473 g/mol. The Balaban J connectivity index is 1.34. The van der Waals surface area contributed by atoms with Crippen LogP contribution in [0.25, 0.3) is 11.4 Å². The van der Waals surface area contributed by atoms with Gasteiger partial charge in [0.1, 0.15) is 0 Å². The van der Waals surface area contributed by atoms with Crippen LogP contribution in [0.5, 0.6) is 0 Å². The van der Waals surface area contributed by atoms with Crippen molar-refractivity contribution in [3.63, 3.8) is 0 Å². The molecule has 1 aromatic heterocycles. The third kappa shape index (κ3) is 5.72. The van der Waals surface area contributed by atoms with E-state index in [4.69, 9.17) is 9.78 Å². The number of aromatic nitrogens is 2. The Hall–Kier alpha value is -3.75. The molecule has 2 heterocycles. The third-order valence-corrected chi connectivity index (χ3v) is 6.33. The van der Waals surface area contributed by atoms with Crippen molar-refractivity contribution in [3.8, 4) is 17.5 Å². The molecule has 4 rings (SSSR count). The van der Waals surface area contributed by atoms with Gasteiger partial charge in [0.25, 0.3) is 0 Å². The number of anilines is 1. The molecule has 0 saturated carbocycles. The molecule has 36 heavy (non-hydrogen) atoms. The van der Waals surface area contributed by atoms with E-state index in [-0.39, 0.29) is 29.4 Å². The monoisotopic (exact) mass is 498 g/mol. The average Bonchev–Trinajstić information content (AvgIpc) is 3.38. The van der Waals surface area contributed by atoms with Crippen molar-refractivity contribution in [2.75, 3.05) is 31.5 Å². The molecule has 11 heteroatoms. The van der Waals surface area contributed by atoms with E-state index in [1.54, 1.807) is 24.3 Å². The van der Waals surface area contributed by atoms with Crippen LogP contribution in [0.4, 0.5) is 18.9 Å². The zero-order valence-electron chi connectivity index (χ0n) is 19.8. The van der Waals surface area contributed by atoms with E-state index in [9.17, 15) is 18.0 Å². The number of carbonyl (C=O) groups excluding carboxylic acids is 1. The fourth-order valence-electron chi connectivity index (χ4n) is 4.10. The Morgan fingerprint density at radius 1 is 1.08 bits per heavy atom. The van der Waals surface area contributed by atoms with E-state index in [0.29, 0.717) is 43.3 Å². The second-order valence-corrected chi connectivity index (χ2v) is 8.64.